The summed E-state index contributed by atoms with van der Waals surface area (Å²) in [6.45, 7) is 1.98. The molecule has 4 aromatic heterocycles. The molecule has 3 nitrogen and oxygen atoms in total. The lowest BCUT2D eigenvalue weighted by Gasteiger charge is -2.06. The molecule has 0 atom stereocenters. The van der Waals surface area contributed by atoms with E-state index in [0.717, 1.165) is 43.5 Å². The van der Waals surface area contributed by atoms with Crippen LogP contribution >= 0.6 is 11.3 Å². The van der Waals surface area contributed by atoms with Gasteiger partial charge in [-0.15, -0.1) is 11.3 Å². The van der Waals surface area contributed by atoms with Crippen LogP contribution in [0.15, 0.2) is 108 Å². The topological polar surface area (TPSA) is 38.9 Å². The van der Waals surface area contributed by atoms with Crippen LogP contribution in [0.5, 0.6) is 0 Å². The van der Waals surface area contributed by atoms with Crippen molar-refractivity contribution in [2.75, 3.05) is 0 Å². The minimum absolute atomic E-state index is 0.669. The van der Waals surface area contributed by atoms with E-state index in [1.165, 1.54) is 21.6 Å². The Hall–Kier alpha value is -4.28. The Morgan fingerprint density at radius 2 is 1.37 bits per heavy atom. The summed E-state index contributed by atoms with van der Waals surface area (Å²) in [5.74, 6) is 0. The van der Waals surface area contributed by atoms with Crippen molar-refractivity contribution in [3.63, 3.8) is 0 Å². The highest BCUT2D eigenvalue weighted by atomic mass is 32.1. The second-order valence-electron chi connectivity index (χ2n) is 8.68. The molecule has 0 spiro atoms. The van der Waals surface area contributed by atoms with Crippen molar-refractivity contribution in [3.05, 3.63) is 109 Å². The normalized spacial score (nSPS) is 11.6. The second kappa shape index (κ2) is 7.90. The molecule has 35 heavy (non-hydrogen) atoms. The number of fused-ring (bicyclic) bond motifs is 4. The van der Waals surface area contributed by atoms with Crippen LogP contribution in [0.4, 0.5) is 0 Å². The fourth-order valence-corrected chi connectivity index (χ4v) is 5.99. The molecule has 7 rings (SSSR count). The number of benzene rings is 3. The Bertz CT molecular complexity index is 1850. The van der Waals surface area contributed by atoms with Crippen LogP contribution in [0.1, 0.15) is 5.69 Å². The summed E-state index contributed by atoms with van der Waals surface area (Å²) >= 11 is 1.74. The average molecular weight is 469 g/mol. The van der Waals surface area contributed by atoms with E-state index >= 15 is 0 Å². The number of furan rings is 1. The van der Waals surface area contributed by atoms with Gasteiger partial charge in [0.15, 0.2) is 0 Å². The molecule has 0 aliphatic heterocycles. The summed E-state index contributed by atoms with van der Waals surface area (Å²) < 4.78 is 6.25. The van der Waals surface area contributed by atoms with Crippen molar-refractivity contribution in [1.29, 1.82) is 0 Å². The lowest BCUT2D eigenvalue weighted by Crippen LogP contribution is -1.85. The number of rotatable bonds is 3. The molecule has 0 saturated carbocycles. The van der Waals surface area contributed by atoms with E-state index < -0.39 is 0 Å². The molecule has 0 saturated heterocycles. The summed E-state index contributed by atoms with van der Waals surface area (Å²) in [6, 6.07) is 35.8. The van der Waals surface area contributed by atoms with Gasteiger partial charge in [0, 0.05) is 37.9 Å². The number of aromatic nitrogens is 2. The Morgan fingerprint density at radius 3 is 2.17 bits per heavy atom. The van der Waals surface area contributed by atoms with Gasteiger partial charge in [-0.1, -0.05) is 72.8 Å². The third kappa shape index (κ3) is 3.26. The number of hydrogen-bond acceptors (Lipinski definition) is 4. The maximum atomic E-state index is 6.25. The van der Waals surface area contributed by atoms with Crippen LogP contribution in [-0.4, -0.2) is 9.97 Å². The zero-order valence-electron chi connectivity index (χ0n) is 19.0. The molecule has 0 radical (unpaired) electrons. The van der Waals surface area contributed by atoms with Gasteiger partial charge in [0.2, 0.25) is 5.71 Å². The van der Waals surface area contributed by atoms with Gasteiger partial charge in [-0.25, -0.2) is 9.97 Å². The van der Waals surface area contributed by atoms with Crippen molar-refractivity contribution in [2.45, 2.75) is 6.92 Å². The zero-order valence-corrected chi connectivity index (χ0v) is 19.8. The molecular weight excluding hydrogens is 448 g/mol. The van der Waals surface area contributed by atoms with Crippen LogP contribution in [-0.2, 0) is 0 Å². The van der Waals surface area contributed by atoms with Gasteiger partial charge in [-0.3, -0.25) is 0 Å². The van der Waals surface area contributed by atoms with Crippen LogP contribution in [0.25, 0.3) is 65.1 Å². The van der Waals surface area contributed by atoms with Gasteiger partial charge in [0.25, 0.3) is 0 Å². The van der Waals surface area contributed by atoms with E-state index in [0.29, 0.717) is 5.71 Å². The Kier molecular flexibility index (Phi) is 4.54. The minimum Gasteiger partial charge on any atom is -0.437 e. The summed E-state index contributed by atoms with van der Waals surface area (Å²) in [4.78, 5) is 12.0. The van der Waals surface area contributed by atoms with Crippen LogP contribution in [0, 0.1) is 6.92 Å². The van der Waals surface area contributed by atoms with E-state index in [1.54, 1.807) is 11.3 Å². The Balaban J connectivity index is 1.47. The molecule has 3 aromatic carbocycles. The smallest absolute Gasteiger partial charge is 0.227 e. The van der Waals surface area contributed by atoms with Crippen molar-refractivity contribution in [2.24, 2.45) is 0 Å². The highest BCUT2D eigenvalue weighted by molar-refractivity contribution is 7.22. The van der Waals surface area contributed by atoms with E-state index in [1.807, 2.05) is 13.0 Å². The van der Waals surface area contributed by atoms with Gasteiger partial charge in [0.05, 0.1) is 5.69 Å². The van der Waals surface area contributed by atoms with Crippen LogP contribution < -0.4 is 0 Å². The molecule has 166 valence electrons. The first kappa shape index (κ1) is 20.1. The third-order valence-electron chi connectivity index (χ3n) is 6.43. The number of thiophene rings is 1. The Labute approximate surface area is 206 Å². The Morgan fingerprint density at radius 1 is 0.629 bits per heavy atom. The van der Waals surface area contributed by atoms with Gasteiger partial charge in [0.1, 0.15) is 10.4 Å². The number of nitrogens with zero attached hydrogens (tertiary/aromatic N) is 2. The summed E-state index contributed by atoms with van der Waals surface area (Å²) in [7, 11) is 0. The number of aryl methyl sites for hydroxylation is 1. The van der Waals surface area contributed by atoms with Gasteiger partial charge < -0.3 is 4.42 Å². The quantitative estimate of drug-likeness (QED) is 0.260. The predicted octanol–water partition coefficient (Wildman–Crippen LogP) is 8.90. The molecule has 4 heterocycles. The lowest BCUT2D eigenvalue weighted by molar-refractivity contribution is 0.653. The molecule has 0 bridgehead atoms. The minimum atomic E-state index is 0.669. The van der Waals surface area contributed by atoms with Gasteiger partial charge in [-0.05, 0) is 48.4 Å². The predicted molar refractivity (Wildman–Crippen MR) is 146 cm³/mol. The van der Waals surface area contributed by atoms with Crippen molar-refractivity contribution >= 4 is 43.6 Å². The highest BCUT2D eigenvalue weighted by Gasteiger charge is 2.19. The van der Waals surface area contributed by atoms with Gasteiger partial charge in [-0.2, -0.15) is 0 Å². The maximum Gasteiger partial charge on any atom is 0.227 e. The first-order chi connectivity index (χ1) is 17.3. The number of para-hydroxylation sites is 1. The number of hydrogen-bond donors (Lipinski definition) is 0. The zero-order chi connectivity index (χ0) is 23.4. The average Bonchev–Trinajstić information content (AvgIpc) is 3.47. The fourth-order valence-electron chi connectivity index (χ4n) is 4.79. The highest BCUT2D eigenvalue weighted by Crippen LogP contribution is 2.45. The lowest BCUT2D eigenvalue weighted by atomic mass is 9.99. The molecule has 0 amide bonds. The monoisotopic (exact) mass is 468 g/mol. The fraction of sp³-hybridized carbons (Fsp3) is 0.0323. The molecule has 0 aliphatic rings. The molecule has 0 unspecified atom stereocenters. The summed E-state index contributed by atoms with van der Waals surface area (Å²) in [6.07, 6.45) is 0. The second-order valence-corrected chi connectivity index (χ2v) is 9.68. The SMILES string of the molecule is Cc1ccc2c(n1)oc1c(-c3ccc4c(-c5ccccc5)c(-c5ccccc5)sc4n3)cccc12. The van der Waals surface area contributed by atoms with Crippen LogP contribution in [0.3, 0.4) is 0 Å². The van der Waals surface area contributed by atoms with E-state index in [9.17, 15) is 0 Å². The first-order valence-electron chi connectivity index (χ1n) is 11.6. The number of pyridine rings is 2. The molecule has 4 heteroatoms. The van der Waals surface area contributed by atoms with E-state index in [4.69, 9.17) is 9.40 Å². The molecular formula is C31H20N2OS. The van der Waals surface area contributed by atoms with Crippen molar-refractivity contribution < 1.29 is 4.42 Å². The molecule has 0 fully saturated rings. The standard InChI is InChI=1S/C31H20N2OS/c1-19-15-16-23-22-13-8-14-24(28(22)34-30(23)32-19)26-18-17-25-27(20-9-4-2-5-10-20)29(35-31(25)33-26)21-11-6-3-7-12-21/h2-18H,1H3. The molecule has 0 N–H and O–H groups in total. The third-order valence-corrected chi connectivity index (χ3v) is 7.58. The maximum absolute atomic E-state index is 6.25. The largest absolute Gasteiger partial charge is 0.437 e. The van der Waals surface area contributed by atoms with E-state index in [2.05, 4.69) is 102 Å². The van der Waals surface area contributed by atoms with Crippen molar-refractivity contribution in [1.82, 2.24) is 9.97 Å². The van der Waals surface area contributed by atoms with Crippen LogP contribution in [0.2, 0.25) is 0 Å². The molecule has 7 aromatic rings. The van der Waals surface area contributed by atoms with E-state index in [-0.39, 0.29) is 0 Å². The summed E-state index contributed by atoms with van der Waals surface area (Å²) in [5, 5.41) is 3.26. The molecule has 0 aliphatic carbocycles. The first-order valence-corrected chi connectivity index (χ1v) is 12.4. The van der Waals surface area contributed by atoms with Gasteiger partial charge >= 0.3 is 0 Å². The van der Waals surface area contributed by atoms with Crippen molar-refractivity contribution in [3.8, 4) is 32.8 Å². The summed E-state index contributed by atoms with van der Waals surface area (Å²) in [5.41, 5.74) is 7.97.